The maximum atomic E-state index is 11.3. The Kier molecular flexibility index (Phi) is 3.70. The number of aliphatic carboxylic acids is 1. The number of nitrogens with zero attached hydrogens (tertiary/aromatic N) is 1. The fourth-order valence-electron chi connectivity index (χ4n) is 1.99. The van der Waals surface area contributed by atoms with E-state index in [-0.39, 0.29) is 17.0 Å². The van der Waals surface area contributed by atoms with E-state index in [0.29, 0.717) is 19.4 Å². The van der Waals surface area contributed by atoms with Crippen molar-refractivity contribution >= 4 is 23.6 Å². The lowest BCUT2D eigenvalue weighted by atomic mass is 10.1. The minimum absolute atomic E-state index is 0.000401. The Balaban J connectivity index is 1.99. The van der Waals surface area contributed by atoms with Crippen LogP contribution in [0.15, 0.2) is 10.6 Å². The average Bonchev–Trinajstić information content (AvgIpc) is 2.57. The topological polar surface area (TPSA) is 89.9 Å². The normalized spacial score (nSPS) is 22.8. The lowest BCUT2D eigenvalue weighted by Gasteiger charge is -2.33. The third-order valence-corrected chi connectivity index (χ3v) is 4.17. The largest absolute Gasteiger partial charge is 0.477 e. The molecule has 0 aliphatic carbocycles. The number of carboxylic acids is 1. The van der Waals surface area contributed by atoms with Gasteiger partial charge in [0.05, 0.1) is 11.8 Å². The molecule has 0 aromatic heterocycles. The van der Waals surface area contributed by atoms with Crippen molar-refractivity contribution in [1.29, 1.82) is 0 Å². The number of allylic oxidation sites excluding steroid dienone is 1. The van der Waals surface area contributed by atoms with Crippen LogP contribution in [0.2, 0.25) is 0 Å². The first-order chi connectivity index (χ1) is 8.15. The molecule has 7 heteroatoms. The lowest BCUT2D eigenvalue weighted by Crippen LogP contribution is -2.48. The van der Waals surface area contributed by atoms with Gasteiger partial charge in [-0.3, -0.25) is 9.69 Å². The molecule has 0 spiro atoms. The quantitative estimate of drug-likeness (QED) is 0.370. The van der Waals surface area contributed by atoms with Gasteiger partial charge in [0, 0.05) is 11.4 Å². The molecule has 1 atom stereocenters. The second-order valence-electron chi connectivity index (χ2n) is 3.98. The minimum atomic E-state index is -1.02. The van der Waals surface area contributed by atoms with Crippen LogP contribution in [0.1, 0.15) is 25.7 Å². The lowest BCUT2D eigenvalue weighted by molar-refractivity contribution is -0.145. The smallest absolute Gasteiger partial charge is 0.353 e. The monoisotopic (exact) mass is 258 g/mol. The predicted molar refractivity (Wildman–Crippen MR) is 61.1 cm³/mol. The summed E-state index contributed by atoms with van der Waals surface area (Å²) < 4.78 is 0. The molecule has 17 heavy (non-hydrogen) atoms. The zero-order chi connectivity index (χ0) is 12.4. The Labute approximate surface area is 103 Å². The van der Waals surface area contributed by atoms with Crippen LogP contribution in [0, 0.1) is 0 Å². The van der Waals surface area contributed by atoms with Gasteiger partial charge in [-0.1, -0.05) is 0 Å². The third kappa shape index (κ3) is 2.31. The van der Waals surface area contributed by atoms with E-state index in [1.807, 2.05) is 0 Å². The molecular formula is C10H14N2O4S. The molecule has 6 nitrogen and oxygen atoms in total. The van der Waals surface area contributed by atoms with Gasteiger partial charge >= 0.3 is 5.97 Å². The van der Waals surface area contributed by atoms with Gasteiger partial charge in [-0.15, -0.1) is 11.8 Å². The molecule has 2 rings (SSSR count). The minimum Gasteiger partial charge on any atom is -0.477 e. The summed E-state index contributed by atoms with van der Waals surface area (Å²) in [7, 11) is 0. The number of rotatable bonds is 6. The number of hydroxylamine groups is 1. The van der Waals surface area contributed by atoms with Crippen molar-refractivity contribution in [3.63, 3.8) is 0 Å². The van der Waals surface area contributed by atoms with Gasteiger partial charge in [0.15, 0.2) is 0 Å². The first kappa shape index (κ1) is 12.4. The number of hydrogen-bond donors (Lipinski definition) is 3. The molecule has 2 heterocycles. The Hall–Kier alpha value is -1.05. The number of hydrogen-bond acceptors (Lipinski definition) is 5. The van der Waals surface area contributed by atoms with Gasteiger partial charge in [0.1, 0.15) is 5.70 Å². The average molecular weight is 258 g/mol. The van der Waals surface area contributed by atoms with Crippen molar-refractivity contribution in [2.45, 2.75) is 31.1 Å². The molecular weight excluding hydrogens is 244 g/mol. The van der Waals surface area contributed by atoms with Crippen molar-refractivity contribution < 1.29 is 19.9 Å². The standard InChI is InChI=1S/C10H14N2O4S/c13-7-5-8-12(7)9(10(14)15)6(17-8)3-1-2-4-11-16/h8,11,16H,1-5H2,(H,14,15)/t8-/m1/s1. The number of nitrogens with one attached hydrogen (secondary N) is 1. The van der Waals surface area contributed by atoms with Crippen molar-refractivity contribution in [2.75, 3.05) is 6.54 Å². The van der Waals surface area contributed by atoms with Crippen LogP contribution < -0.4 is 5.48 Å². The highest BCUT2D eigenvalue weighted by Gasteiger charge is 2.47. The highest BCUT2D eigenvalue weighted by Crippen LogP contribution is 2.47. The van der Waals surface area contributed by atoms with E-state index >= 15 is 0 Å². The zero-order valence-electron chi connectivity index (χ0n) is 9.18. The Morgan fingerprint density at radius 3 is 2.88 bits per heavy atom. The van der Waals surface area contributed by atoms with Crippen LogP contribution in [-0.2, 0) is 9.59 Å². The summed E-state index contributed by atoms with van der Waals surface area (Å²) in [5, 5.41) is 17.5. The van der Waals surface area contributed by atoms with Crippen molar-refractivity contribution in [1.82, 2.24) is 10.4 Å². The van der Waals surface area contributed by atoms with Gasteiger partial charge in [0.2, 0.25) is 5.91 Å². The van der Waals surface area contributed by atoms with E-state index in [2.05, 4.69) is 5.48 Å². The summed E-state index contributed by atoms with van der Waals surface area (Å²) >= 11 is 1.48. The van der Waals surface area contributed by atoms with Gasteiger partial charge in [0.25, 0.3) is 0 Å². The molecule has 0 saturated carbocycles. The Morgan fingerprint density at radius 1 is 1.53 bits per heavy atom. The van der Waals surface area contributed by atoms with Crippen LogP contribution in [0.3, 0.4) is 0 Å². The number of β-lactam (4-membered cyclic amide) rings is 1. The number of unbranched alkanes of at least 4 members (excludes halogenated alkanes) is 1. The number of carboxylic acid groups (broad SMARTS) is 1. The number of thioether (sulfide) groups is 1. The summed E-state index contributed by atoms with van der Waals surface area (Å²) in [5.41, 5.74) is 2.22. The number of carbonyl (C=O) groups excluding carboxylic acids is 1. The first-order valence-corrected chi connectivity index (χ1v) is 6.35. The van der Waals surface area contributed by atoms with E-state index in [1.165, 1.54) is 16.7 Å². The highest BCUT2D eigenvalue weighted by molar-refractivity contribution is 8.04. The molecule has 0 aromatic carbocycles. The summed E-state index contributed by atoms with van der Waals surface area (Å²) in [6, 6.07) is 0. The van der Waals surface area contributed by atoms with Gasteiger partial charge in [-0.25, -0.2) is 10.3 Å². The Morgan fingerprint density at radius 2 is 2.29 bits per heavy atom. The SMILES string of the molecule is O=C(O)C1=C(CCCCNO)S[C@@H]2CC(=O)N12. The van der Waals surface area contributed by atoms with Gasteiger partial charge < -0.3 is 10.3 Å². The molecule has 1 fully saturated rings. The summed E-state index contributed by atoms with van der Waals surface area (Å²) in [4.78, 5) is 24.6. The summed E-state index contributed by atoms with van der Waals surface area (Å²) in [5.74, 6) is -1.13. The maximum absolute atomic E-state index is 11.3. The predicted octanol–water partition coefficient (Wildman–Crippen LogP) is 0.737. The molecule has 94 valence electrons. The van der Waals surface area contributed by atoms with E-state index in [9.17, 15) is 9.59 Å². The molecule has 0 unspecified atom stereocenters. The van der Waals surface area contributed by atoms with Crippen molar-refractivity contribution in [3.8, 4) is 0 Å². The maximum Gasteiger partial charge on any atom is 0.353 e. The van der Waals surface area contributed by atoms with Crippen LogP contribution in [0.25, 0.3) is 0 Å². The molecule has 0 aromatic rings. The fourth-order valence-corrected chi connectivity index (χ4v) is 3.44. The zero-order valence-corrected chi connectivity index (χ0v) is 10.00. The van der Waals surface area contributed by atoms with Crippen molar-refractivity contribution in [3.05, 3.63) is 10.6 Å². The van der Waals surface area contributed by atoms with Crippen molar-refractivity contribution in [2.24, 2.45) is 0 Å². The van der Waals surface area contributed by atoms with Gasteiger partial charge in [-0.2, -0.15) is 0 Å². The molecule has 1 saturated heterocycles. The molecule has 2 aliphatic rings. The summed E-state index contributed by atoms with van der Waals surface area (Å²) in [6.07, 6.45) is 2.64. The molecule has 1 amide bonds. The van der Waals surface area contributed by atoms with Crippen LogP contribution >= 0.6 is 11.8 Å². The third-order valence-electron chi connectivity index (χ3n) is 2.83. The van der Waals surface area contributed by atoms with Crippen LogP contribution in [0.4, 0.5) is 0 Å². The fraction of sp³-hybridized carbons (Fsp3) is 0.600. The Bertz CT molecular complexity index is 383. The molecule has 2 aliphatic heterocycles. The molecule has 3 N–H and O–H groups in total. The van der Waals surface area contributed by atoms with Crippen LogP contribution in [0.5, 0.6) is 0 Å². The van der Waals surface area contributed by atoms with Crippen LogP contribution in [-0.4, -0.2) is 39.0 Å². The number of amides is 1. The van der Waals surface area contributed by atoms with E-state index in [1.54, 1.807) is 0 Å². The number of carbonyl (C=O) groups is 2. The number of fused-ring (bicyclic) bond motifs is 1. The summed E-state index contributed by atoms with van der Waals surface area (Å²) in [6.45, 7) is 0.492. The van der Waals surface area contributed by atoms with E-state index in [0.717, 1.165) is 17.7 Å². The van der Waals surface area contributed by atoms with Gasteiger partial charge in [-0.05, 0) is 19.3 Å². The second-order valence-corrected chi connectivity index (χ2v) is 5.26. The second kappa shape index (κ2) is 5.07. The van der Waals surface area contributed by atoms with E-state index in [4.69, 9.17) is 10.3 Å². The van der Waals surface area contributed by atoms with E-state index < -0.39 is 5.97 Å². The highest BCUT2D eigenvalue weighted by atomic mass is 32.2. The molecule has 0 bridgehead atoms. The first-order valence-electron chi connectivity index (χ1n) is 5.47. The molecule has 0 radical (unpaired) electrons.